The van der Waals surface area contributed by atoms with Gasteiger partial charge in [-0.3, -0.25) is 10.3 Å². The summed E-state index contributed by atoms with van der Waals surface area (Å²) in [6, 6.07) is 8.55. The first kappa shape index (κ1) is 18.8. The van der Waals surface area contributed by atoms with Gasteiger partial charge < -0.3 is 10.1 Å². The molecule has 0 unspecified atom stereocenters. The summed E-state index contributed by atoms with van der Waals surface area (Å²) in [7, 11) is 0. The van der Waals surface area contributed by atoms with Crippen molar-refractivity contribution in [1.29, 1.82) is 0 Å². The van der Waals surface area contributed by atoms with Gasteiger partial charge in [-0.25, -0.2) is 0 Å². The second kappa shape index (κ2) is 10.4. The third-order valence-electron chi connectivity index (χ3n) is 4.05. The van der Waals surface area contributed by atoms with E-state index in [1.54, 1.807) is 0 Å². The topological polar surface area (TPSA) is 48.9 Å². The first-order valence-corrected chi connectivity index (χ1v) is 9.07. The fourth-order valence-corrected chi connectivity index (χ4v) is 2.74. The van der Waals surface area contributed by atoms with Crippen molar-refractivity contribution in [2.75, 3.05) is 39.4 Å². The summed E-state index contributed by atoms with van der Waals surface area (Å²) in [6.07, 6.45) is 2.28. The molecule has 0 saturated carbocycles. The van der Waals surface area contributed by atoms with Crippen molar-refractivity contribution in [1.82, 2.24) is 15.6 Å². The molecule has 1 aromatic carbocycles. The highest BCUT2D eigenvalue weighted by atomic mass is 32.1. The van der Waals surface area contributed by atoms with Crippen molar-refractivity contribution in [3.63, 3.8) is 0 Å². The normalized spacial score (nSPS) is 16.0. The van der Waals surface area contributed by atoms with E-state index in [1.165, 1.54) is 12.0 Å². The number of benzene rings is 1. The van der Waals surface area contributed by atoms with Crippen LogP contribution in [-0.2, 0) is 11.2 Å². The minimum atomic E-state index is 0.560. The van der Waals surface area contributed by atoms with E-state index in [2.05, 4.69) is 51.9 Å². The number of morpholine rings is 1. The molecule has 0 aromatic heterocycles. The monoisotopic (exact) mass is 348 g/mol. The van der Waals surface area contributed by atoms with E-state index < -0.39 is 0 Å². The molecule has 0 atom stereocenters. The van der Waals surface area contributed by atoms with E-state index in [1.807, 2.05) is 6.92 Å². The standard InChI is InChI=1S/C18H28N4OS/c1-3-4-16-5-7-17(8-6-16)15(2)20-21-18(24)19-9-10-22-11-13-23-14-12-22/h5-8H,3-4,9-14H2,1-2H3,(H2,19,21,24)/b20-15-. The Hall–Kier alpha value is -1.50. The van der Waals surface area contributed by atoms with Crippen LogP contribution in [0.25, 0.3) is 0 Å². The van der Waals surface area contributed by atoms with Gasteiger partial charge in [0, 0.05) is 26.2 Å². The van der Waals surface area contributed by atoms with Gasteiger partial charge in [-0.2, -0.15) is 5.10 Å². The third-order valence-corrected chi connectivity index (χ3v) is 4.29. The second-order valence-corrected chi connectivity index (χ2v) is 6.37. The Kier molecular flexibility index (Phi) is 8.15. The number of nitrogens with zero attached hydrogens (tertiary/aromatic N) is 2. The molecule has 6 heteroatoms. The first-order valence-electron chi connectivity index (χ1n) is 8.66. The minimum absolute atomic E-state index is 0.560. The van der Waals surface area contributed by atoms with Gasteiger partial charge in [-0.15, -0.1) is 0 Å². The number of aryl methyl sites for hydroxylation is 1. The summed E-state index contributed by atoms with van der Waals surface area (Å²) in [5, 5.41) is 8.12. The highest BCUT2D eigenvalue weighted by Gasteiger charge is 2.09. The maximum absolute atomic E-state index is 5.34. The van der Waals surface area contributed by atoms with E-state index in [4.69, 9.17) is 17.0 Å². The van der Waals surface area contributed by atoms with E-state index in [-0.39, 0.29) is 0 Å². The predicted octanol–water partition coefficient (Wildman–Crippen LogP) is 2.16. The van der Waals surface area contributed by atoms with Crippen molar-refractivity contribution in [3.05, 3.63) is 35.4 Å². The van der Waals surface area contributed by atoms with Gasteiger partial charge in [0.1, 0.15) is 0 Å². The van der Waals surface area contributed by atoms with Crippen molar-refractivity contribution < 1.29 is 4.74 Å². The van der Waals surface area contributed by atoms with Gasteiger partial charge >= 0.3 is 0 Å². The first-order chi connectivity index (χ1) is 11.7. The number of nitrogens with one attached hydrogen (secondary N) is 2. The zero-order chi connectivity index (χ0) is 17.2. The molecule has 132 valence electrons. The van der Waals surface area contributed by atoms with Crippen molar-refractivity contribution >= 4 is 23.0 Å². The van der Waals surface area contributed by atoms with Crippen LogP contribution in [0.5, 0.6) is 0 Å². The van der Waals surface area contributed by atoms with E-state index in [9.17, 15) is 0 Å². The quantitative estimate of drug-likeness (QED) is 0.449. The van der Waals surface area contributed by atoms with Gasteiger partial charge in [-0.1, -0.05) is 37.6 Å². The van der Waals surface area contributed by atoms with Crippen LogP contribution in [0.3, 0.4) is 0 Å². The lowest BCUT2D eigenvalue weighted by molar-refractivity contribution is 0.0389. The summed E-state index contributed by atoms with van der Waals surface area (Å²) < 4.78 is 5.34. The molecule has 1 aromatic rings. The molecule has 1 aliphatic heterocycles. The summed E-state index contributed by atoms with van der Waals surface area (Å²) >= 11 is 5.27. The Morgan fingerprint density at radius 1 is 1.25 bits per heavy atom. The van der Waals surface area contributed by atoms with Crippen molar-refractivity contribution in [3.8, 4) is 0 Å². The van der Waals surface area contributed by atoms with E-state index >= 15 is 0 Å². The summed E-state index contributed by atoms with van der Waals surface area (Å²) in [5.41, 5.74) is 6.32. The zero-order valence-electron chi connectivity index (χ0n) is 14.7. The number of hydrazone groups is 1. The van der Waals surface area contributed by atoms with Crippen LogP contribution in [0.15, 0.2) is 29.4 Å². The molecular formula is C18H28N4OS. The summed E-state index contributed by atoms with van der Waals surface area (Å²) in [4.78, 5) is 2.37. The molecule has 0 amide bonds. The zero-order valence-corrected chi connectivity index (χ0v) is 15.5. The minimum Gasteiger partial charge on any atom is -0.379 e. The predicted molar refractivity (Wildman–Crippen MR) is 104 cm³/mol. The van der Waals surface area contributed by atoms with Gasteiger partial charge in [-0.05, 0) is 36.7 Å². The molecule has 0 bridgehead atoms. The average molecular weight is 349 g/mol. The maximum atomic E-state index is 5.34. The van der Waals surface area contributed by atoms with Crippen LogP contribution >= 0.6 is 12.2 Å². The molecule has 1 saturated heterocycles. The third kappa shape index (κ3) is 6.55. The van der Waals surface area contributed by atoms with Gasteiger partial charge in [0.25, 0.3) is 0 Å². The Labute approximate surface area is 150 Å². The molecular weight excluding hydrogens is 320 g/mol. The van der Waals surface area contributed by atoms with Crippen molar-refractivity contribution in [2.45, 2.75) is 26.7 Å². The molecule has 24 heavy (non-hydrogen) atoms. The van der Waals surface area contributed by atoms with Gasteiger partial charge in [0.15, 0.2) is 5.11 Å². The molecule has 5 nitrogen and oxygen atoms in total. The van der Waals surface area contributed by atoms with E-state index in [0.717, 1.165) is 57.1 Å². The lowest BCUT2D eigenvalue weighted by Gasteiger charge is -2.26. The second-order valence-electron chi connectivity index (χ2n) is 5.97. The Morgan fingerprint density at radius 3 is 2.62 bits per heavy atom. The largest absolute Gasteiger partial charge is 0.379 e. The van der Waals surface area contributed by atoms with E-state index in [0.29, 0.717) is 5.11 Å². The molecule has 2 rings (SSSR count). The van der Waals surface area contributed by atoms with Crippen LogP contribution in [-0.4, -0.2) is 55.1 Å². The molecule has 0 aliphatic carbocycles. The van der Waals surface area contributed by atoms with Crippen LogP contribution in [0.2, 0.25) is 0 Å². The summed E-state index contributed by atoms with van der Waals surface area (Å²) in [5.74, 6) is 0. The molecule has 1 aliphatic rings. The number of ether oxygens (including phenoxy) is 1. The number of rotatable bonds is 7. The fourth-order valence-electron chi connectivity index (χ4n) is 2.59. The Balaban J connectivity index is 1.71. The highest BCUT2D eigenvalue weighted by molar-refractivity contribution is 7.80. The number of hydrogen-bond acceptors (Lipinski definition) is 4. The van der Waals surface area contributed by atoms with Crippen LogP contribution < -0.4 is 10.7 Å². The SMILES string of the molecule is CCCc1ccc(/C(C)=N\NC(=S)NCCN2CCOCC2)cc1. The molecule has 1 heterocycles. The van der Waals surface area contributed by atoms with Crippen LogP contribution in [0.1, 0.15) is 31.4 Å². The molecule has 1 fully saturated rings. The summed E-state index contributed by atoms with van der Waals surface area (Å²) in [6.45, 7) is 9.58. The Bertz CT molecular complexity index is 538. The lowest BCUT2D eigenvalue weighted by atomic mass is 10.1. The fraction of sp³-hybridized carbons (Fsp3) is 0.556. The van der Waals surface area contributed by atoms with Crippen LogP contribution in [0, 0.1) is 0 Å². The van der Waals surface area contributed by atoms with Crippen molar-refractivity contribution in [2.24, 2.45) is 5.10 Å². The highest BCUT2D eigenvalue weighted by Crippen LogP contribution is 2.07. The van der Waals surface area contributed by atoms with Gasteiger partial charge in [0.2, 0.25) is 0 Å². The lowest BCUT2D eigenvalue weighted by Crippen LogP contribution is -2.42. The molecule has 0 radical (unpaired) electrons. The van der Waals surface area contributed by atoms with Gasteiger partial charge in [0.05, 0.1) is 18.9 Å². The number of thiocarbonyl (C=S) groups is 1. The Morgan fingerprint density at radius 2 is 1.96 bits per heavy atom. The molecule has 0 spiro atoms. The van der Waals surface area contributed by atoms with Crippen LogP contribution in [0.4, 0.5) is 0 Å². The maximum Gasteiger partial charge on any atom is 0.187 e. The average Bonchev–Trinajstić information content (AvgIpc) is 2.61. The number of hydrogen-bond donors (Lipinski definition) is 2. The smallest absolute Gasteiger partial charge is 0.187 e. The molecule has 2 N–H and O–H groups in total.